The van der Waals surface area contributed by atoms with E-state index >= 15 is 0 Å². The van der Waals surface area contributed by atoms with Crippen LogP contribution in [0.2, 0.25) is 0 Å². The highest BCUT2D eigenvalue weighted by Gasteiger charge is 2.36. The van der Waals surface area contributed by atoms with E-state index in [1.54, 1.807) is 24.4 Å². The Hall–Kier alpha value is -2.97. The monoisotopic (exact) mass is 549 g/mol. The maximum absolute atomic E-state index is 13.4. The van der Waals surface area contributed by atoms with Gasteiger partial charge in [0.1, 0.15) is 16.0 Å². The van der Waals surface area contributed by atoms with Gasteiger partial charge in [-0.2, -0.15) is 11.1 Å². The number of hydrogen-bond acceptors (Lipinski definition) is 12. The van der Waals surface area contributed by atoms with Crippen molar-refractivity contribution in [1.29, 1.82) is 0 Å². The van der Waals surface area contributed by atoms with Crippen molar-refractivity contribution >= 4 is 26.0 Å². The molecule has 2 aliphatic rings. The summed E-state index contributed by atoms with van der Waals surface area (Å²) >= 11 is 0. The van der Waals surface area contributed by atoms with Crippen LogP contribution in [-0.2, 0) is 20.0 Å². The number of anilines is 1. The molecule has 37 heavy (non-hydrogen) atoms. The van der Waals surface area contributed by atoms with Gasteiger partial charge in [0, 0.05) is 30.3 Å². The fraction of sp³-hybridized carbons (Fsp3) is 0.250. The topological polar surface area (TPSA) is 247 Å². The Labute approximate surface area is 213 Å². The maximum atomic E-state index is 13.4. The summed E-state index contributed by atoms with van der Waals surface area (Å²) in [5, 5.41) is 8.65. The smallest absolute Gasteiger partial charge is 0.242 e. The number of rotatable bonds is 7. The zero-order chi connectivity index (χ0) is 26.4. The van der Waals surface area contributed by atoms with Crippen LogP contribution in [0, 0.1) is 0 Å². The van der Waals surface area contributed by atoms with Gasteiger partial charge in [-0.25, -0.2) is 42.5 Å². The lowest BCUT2D eigenvalue weighted by atomic mass is 9.96. The lowest BCUT2D eigenvalue weighted by Crippen LogP contribution is -2.47. The second-order valence-electron chi connectivity index (χ2n) is 8.68. The van der Waals surface area contributed by atoms with E-state index in [0.29, 0.717) is 29.9 Å². The molecular formula is C20H27N11O4S2. The first-order chi connectivity index (χ1) is 17.5. The summed E-state index contributed by atoms with van der Waals surface area (Å²) in [5.41, 5.74) is 25.1. The number of H-pyrrole nitrogens is 1. The van der Waals surface area contributed by atoms with Crippen molar-refractivity contribution in [2.45, 2.75) is 28.0 Å². The summed E-state index contributed by atoms with van der Waals surface area (Å²) in [6, 6.07) is 8.83. The summed E-state index contributed by atoms with van der Waals surface area (Å²) in [4.78, 5) is 5.92. The number of aromatic nitrogens is 2. The number of hydrazine groups is 3. The number of aromatic amines is 1. The molecule has 198 valence electrons. The molecular weight excluding hydrogens is 522 g/mol. The van der Waals surface area contributed by atoms with Gasteiger partial charge >= 0.3 is 0 Å². The predicted octanol–water partition coefficient (Wildman–Crippen LogP) is -2.33. The van der Waals surface area contributed by atoms with E-state index in [9.17, 15) is 16.8 Å². The largest absolute Gasteiger partial charge is 0.369 e. The molecule has 0 spiro atoms. The third-order valence-corrected chi connectivity index (χ3v) is 8.84. The number of sulfonamides is 2. The van der Waals surface area contributed by atoms with Crippen molar-refractivity contribution in [3.8, 4) is 22.4 Å². The third kappa shape index (κ3) is 5.09. The first-order valence-electron chi connectivity index (χ1n) is 11.2. The van der Waals surface area contributed by atoms with E-state index in [-0.39, 0.29) is 11.5 Å². The Morgan fingerprint density at radius 3 is 2.35 bits per heavy atom. The summed E-state index contributed by atoms with van der Waals surface area (Å²) in [5.74, 6) is 0.244. The molecule has 0 amide bonds. The zero-order valence-electron chi connectivity index (χ0n) is 19.3. The number of nitrogens with one attached hydrogen (secondary N) is 7. The molecule has 2 saturated heterocycles. The standard InChI is InChI=1S/C20H27N11O4S2/c21-13-7-24-8-15(13)29-37(34,35)16-5-4-12(17(18(16)36(23,32)33)19-27-30-31-28-19)10-2-1-3-11(6-10)14-9-25-20(22)26-14/h1-6,9,13,15,19,24,27-31H,7-8,21H2,(H3,22,25,26)(H2,23,32,33)/t13-,15+/m1/s1. The molecule has 0 saturated carbocycles. The van der Waals surface area contributed by atoms with E-state index < -0.39 is 48.1 Å². The SMILES string of the molecule is Nc1ncc(-c2cccc(-c3ccc(S(=O)(=O)N[C@H]4CNC[C@H]4N)c(S(N)(=O)=O)c3C3NNNN3)c2)[nH]1. The molecule has 0 radical (unpaired) electrons. The lowest BCUT2D eigenvalue weighted by molar-refractivity contribution is 0.524. The van der Waals surface area contributed by atoms with Crippen LogP contribution >= 0.6 is 0 Å². The third-order valence-electron chi connectivity index (χ3n) is 6.17. The average Bonchev–Trinajstić information content (AvgIpc) is 3.61. The minimum Gasteiger partial charge on any atom is -0.369 e. The van der Waals surface area contributed by atoms with Crippen molar-refractivity contribution in [3.05, 3.63) is 48.2 Å². The molecule has 13 N–H and O–H groups in total. The fourth-order valence-corrected chi connectivity index (χ4v) is 7.39. The maximum Gasteiger partial charge on any atom is 0.242 e. The molecule has 2 aromatic carbocycles. The van der Waals surface area contributed by atoms with Gasteiger partial charge in [0.05, 0.1) is 17.9 Å². The van der Waals surface area contributed by atoms with Gasteiger partial charge < -0.3 is 21.8 Å². The van der Waals surface area contributed by atoms with Crippen LogP contribution in [0.15, 0.2) is 52.4 Å². The Balaban J connectivity index is 1.70. The molecule has 1 aromatic heterocycles. The Morgan fingerprint density at radius 1 is 1.00 bits per heavy atom. The van der Waals surface area contributed by atoms with Crippen molar-refractivity contribution in [1.82, 2.24) is 41.9 Å². The van der Waals surface area contributed by atoms with Crippen LogP contribution in [-0.4, -0.2) is 52.0 Å². The number of primary sulfonamides is 1. The Morgan fingerprint density at radius 2 is 1.73 bits per heavy atom. The molecule has 15 nitrogen and oxygen atoms in total. The number of nitrogens with two attached hydrogens (primary N) is 3. The van der Waals surface area contributed by atoms with Gasteiger partial charge in [0.15, 0.2) is 5.95 Å². The van der Waals surface area contributed by atoms with Crippen molar-refractivity contribution in [3.63, 3.8) is 0 Å². The summed E-state index contributed by atoms with van der Waals surface area (Å²) in [6.07, 6.45) is 0.698. The summed E-state index contributed by atoms with van der Waals surface area (Å²) < 4.78 is 55.4. The molecule has 2 aliphatic heterocycles. The second kappa shape index (κ2) is 9.72. The fourth-order valence-electron chi connectivity index (χ4n) is 4.45. The van der Waals surface area contributed by atoms with Gasteiger partial charge in [-0.05, 0) is 23.3 Å². The molecule has 3 aromatic rings. The number of benzene rings is 2. The molecule has 3 heterocycles. The molecule has 2 atom stereocenters. The van der Waals surface area contributed by atoms with Gasteiger partial charge in [-0.3, -0.25) is 0 Å². The minimum atomic E-state index is -4.56. The zero-order valence-corrected chi connectivity index (χ0v) is 20.9. The van der Waals surface area contributed by atoms with Crippen LogP contribution in [0.4, 0.5) is 5.95 Å². The number of nitrogens with zero attached hydrogens (tertiary/aromatic N) is 1. The van der Waals surface area contributed by atoms with E-state index in [0.717, 1.165) is 5.56 Å². The number of hydrogen-bond donors (Lipinski definition) is 10. The highest BCUT2D eigenvalue weighted by molar-refractivity contribution is 7.92. The quantitative estimate of drug-likeness (QED) is 0.149. The van der Waals surface area contributed by atoms with Gasteiger partial charge in [-0.15, -0.1) is 0 Å². The summed E-state index contributed by atoms with van der Waals surface area (Å²) in [6.45, 7) is 0.728. The molecule has 2 fully saturated rings. The number of nitrogen functional groups attached to an aromatic ring is 1. The first kappa shape index (κ1) is 25.7. The van der Waals surface area contributed by atoms with E-state index in [1.165, 1.54) is 12.1 Å². The second-order valence-corrected chi connectivity index (χ2v) is 11.9. The molecule has 0 unspecified atom stereocenters. The van der Waals surface area contributed by atoms with Crippen molar-refractivity contribution in [2.24, 2.45) is 10.9 Å². The molecule has 17 heteroatoms. The van der Waals surface area contributed by atoms with Crippen LogP contribution in [0.3, 0.4) is 0 Å². The molecule has 0 bridgehead atoms. The van der Waals surface area contributed by atoms with Gasteiger partial charge in [0.25, 0.3) is 0 Å². The van der Waals surface area contributed by atoms with Crippen LogP contribution in [0.25, 0.3) is 22.4 Å². The minimum absolute atomic E-state index is 0.0954. The van der Waals surface area contributed by atoms with Crippen LogP contribution in [0.1, 0.15) is 11.7 Å². The van der Waals surface area contributed by atoms with Gasteiger partial charge in [-0.1, -0.05) is 24.3 Å². The molecule has 5 rings (SSSR count). The Kier molecular flexibility index (Phi) is 6.75. The van der Waals surface area contributed by atoms with Gasteiger partial charge in [0.2, 0.25) is 20.0 Å². The van der Waals surface area contributed by atoms with Crippen molar-refractivity contribution < 1.29 is 16.8 Å². The first-order valence-corrected chi connectivity index (χ1v) is 14.2. The highest BCUT2D eigenvalue weighted by Crippen LogP contribution is 2.37. The van der Waals surface area contributed by atoms with E-state index in [4.69, 9.17) is 16.6 Å². The van der Waals surface area contributed by atoms with E-state index in [1.807, 2.05) is 6.07 Å². The van der Waals surface area contributed by atoms with Crippen molar-refractivity contribution in [2.75, 3.05) is 18.8 Å². The summed E-state index contributed by atoms with van der Waals surface area (Å²) in [7, 11) is -8.90. The average molecular weight is 550 g/mol. The normalized spacial score (nSPS) is 21.0. The lowest BCUT2D eigenvalue weighted by Gasteiger charge is -2.23. The number of imidazole rings is 1. The highest BCUT2D eigenvalue weighted by atomic mass is 32.2. The van der Waals surface area contributed by atoms with E-state index in [2.05, 4.69) is 41.9 Å². The van der Waals surface area contributed by atoms with Crippen LogP contribution in [0.5, 0.6) is 0 Å². The predicted molar refractivity (Wildman–Crippen MR) is 135 cm³/mol. The Bertz CT molecular complexity index is 1540. The van der Waals surface area contributed by atoms with Crippen LogP contribution < -0.4 is 48.6 Å². The molecule has 0 aliphatic carbocycles.